The number of carbonyl (C=O) groups is 1. The summed E-state index contributed by atoms with van der Waals surface area (Å²) in [6.07, 6.45) is 0. The van der Waals surface area contributed by atoms with Crippen LogP contribution in [0.4, 0.5) is 0 Å². The molecule has 0 bridgehead atoms. The second-order valence-electron chi connectivity index (χ2n) is 8.05. The number of carbonyl (C=O) groups excluding carboxylic acids is 1. The molecule has 174 valence electrons. The molecule has 1 atom stereocenters. The summed E-state index contributed by atoms with van der Waals surface area (Å²) in [4.78, 5) is 15.3. The zero-order chi connectivity index (χ0) is 23.1. The predicted octanol–water partition coefficient (Wildman–Crippen LogP) is 3.70. The normalized spacial score (nSPS) is 15.7. The number of halogens is 1. The van der Waals surface area contributed by atoms with Gasteiger partial charge in [0.15, 0.2) is 17.1 Å². The number of benzene rings is 2. The number of methoxy groups -OCH3 is 2. The molecule has 7 nitrogen and oxygen atoms in total. The van der Waals surface area contributed by atoms with E-state index < -0.39 is 5.60 Å². The largest absolute Gasteiger partial charge is 0.493 e. The molecule has 1 aliphatic rings. The van der Waals surface area contributed by atoms with Crippen molar-refractivity contribution in [3.05, 3.63) is 53.1 Å². The zero-order valence-corrected chi connectivity index (χ0v) is 19.8. The molecule has 3 rings (SSSR count). The van der Waals surface area contributed by atoms with E-state index in [1.807, 2.05) is 18.2 Å². The molecule has 32 heavy (non-hydrogen) atoms. The van der Waals surface area contributed by atoms with Gasteiger partial charge in [-0.1, -0.05) is 17.7 Å². The number of nitrogens with zero attached hydrogens (tertiary/aromatic N) is 1. The molecular weight excluding hydrogens is 432 g/mol. The molecule has 1 saturated heterocycles. The van der Waals surface area contributed by atoms with Crippen LogP contribution in [0.15, 0.2) is 42.5 Å². The summed E-state index contributed by atoms with van der Waals surface area (Å²) < 4.78 is 22.3. The maximum absolute atomic E-state index is 13.0. The van der Waals surface area contributed by atoms with Crippen molar-refractivity contribution in [2.75, 3.05) is 47.1 Å². The van der Waals surface area contributed by atoms with Crippen LogP contribution >= 0.6 is 11.6 Å². The maximum atomic E-state index is 13.0. The van der Waals surface area contributed by atoms with Crippen LogP contribution in [0, 0.1) is 0 Å². The van der Waals surface area contributed by atoms with Crippen molar-refractivity contribution in [2.45, 2.75) is 25.5 Å². The van der Waals surface area contributed by atoms with Gasteiger partial charge >= 0.3 is 0 Å². The van der Waals surface area contributed by atoms with Gasteiger partial charge in [-0.05, 0) is 55.8 Å². The van der Waals surface area contributed by atoms with Gasteiger partial charge in [-0.15, -0.1) is 0 Å². The Labute approximate surface area is 194 Å². The Morgan fingerprint density at radius 1 is 1.09 bits per heavy atom. The van der Waals surface area contributed by atoms with Crippen LogP contribution in [0.3, 0.4) is 0 Å². The number of hydrogen-bond donors (Lipinski definition) is 1. The Balaban J connectivity index is 1.74. The lowest BCUT2D eigenvalue weighted by Crippen LogP contribution is -2.50. The first-order chi connectivity index (χ1) is 15.3. The Morgan fingerprint density at radius 3 is 2.38 bits per heavy atom. The van der Waals surface area contributed by atoms with Crippen molar-refractivity contribution >= 4 is 17.5 Å². The van der Waals surface area contributed by atoms with E-state index in [1.165, 1.54) is 0 Å². The molecule has 8 heteroatoms. The van der Waals surface area contributed by atoms with Gasteiger partial charge in [0.05, 0.1) is 33.5 Å². The Morgan fingerprint density at radius 2 is 1.75 bits per heavy atom. The monoisotopic (exact) mass is 462 g/mol. The minimum absolute atomic E-state index is 0.0472. The van der Waals surface area contributed by atoms with Gasteiger partial charge in [0.1, 0.15) is 5.75 Å². The Hall–Kier alpha value is -2.48. The van der Waals surface area contributed by atoms with Crippen LogP contribution in [-0.2, 0) is 9.53 Å². The van der Waals surface area contributed by atoms with Gasteiger partial charge in [0.25, 0.3) is 5.91 Å². The molecule has 2 aromatic carbocycles. The number of rotatable bonds is 9. The number of nitrogens with one attached hydrogen (secondary N) is 1. The highest BCUT2D eigenvalue weighted by Gasteiger charge is 2.32. The fourth-order valence-corrected chi connectivity index (χ4v) is 3.78. The topological polar surface area (TPSA) is 69.3 Å². The molecule has 0 unspecified atom stereocenters. The van der Waals surface area contributed by atoms with Gasteiger partial charge in [-0.2, -0.15) is 0 Å². The van der Waals surface area contributed by atoms with Crippen molar-refractivity contribution in [3.63, 3.8) is 0 Å². The van der Waals surface area contributed by atoms with Crippen molar-refractivity contribution in [1.82, 2.24) is 10.2 Å². The second-order valence-corrected chi connectivity index (χ2v) is 8.49. The highest BCUT2D eigenvalue weighted by molar-refractivity contribution is 6.30. The lowest BCUT2D eigenvalue weighted by atomic mass is 10.0. The first-order valence-electron chi connectivity index (χ1n) is 10.6. The summed E-state index contributed by atoms with van der Waals surface area (Å²) in [6.45, 7) is 6.78. The van der Waals surface area contributed by atoms with E-state index in [0.29, 0.717) is 42.0 Å². The third-order valence-corrected chi connectivity index (χ3v) is 5.72. The van der Waals surface area contributed by atoms with Crippen molar-refractivity contribution < 1.29 is 23.7 Å². The number of hydrogen-bond acceptors (Lipinski definition) is 6. The highest BCUT2D eigenvalue weighted by Crippen LogP contribution is 2.32. The van der Waals surface area contributed by atoms with Gasteiger partial charge in [0, 0.05) is 24.7 Å². The molecule has 1 amide bonds. The van der Waals surface area contributed by atoms with E-state index in [-0.39, 0.29) is 11.9 Å². The lowest BCUT2D eigenvalue weighted by molar-refractivity contribution is -0.134. The van der Waals surface area contributed by atoms with E-state index in [0.717, 1.165) is 18.7 Å². The van der Waals surface area contributed by atoms with Crippen LogP contribution in [0.25, 0.3) is 0 Å². The molecule has 1 N–H and O–H groups in total. The average Bonchev–Trinajstić information content (AvgIpc) is 2.81. The van der Waals surface area contributed by atoms with E-state index in [1.54, 1.807) is 52.3 Å². The molecule has 0 radical (unpaired) electrons. The Kier molecular flexibility index (Phi) is 8.23. The summed E-state index contributed by atoms with van der Waals surface area (Å²) in [6, 6.07) is 12.8. The standard InChI is InChI=1S/C24H31ClN2O5/c1-24(2,32-19-8-6-18(25)7-9-19)23(28)26-16-20(27-11-13-31-14-12-27)17-5-10-21(29-3)22(15-17)30-4/h5-10,15,20H,11-14,16H2,1-4H3,(H,26,28)/t20-/m1/s1. The minimum Gasteiger partial charge on any atom is -0.493 e. The fraction of sp³-hybridized carbons (Fsp3) is 0.458. The SMILES string of the molecule is COc1ccc([C@@H](CNC(=O)C(C)(C)Oc2ccc(Cl)cc2)N2CCOCC2)cc1OC. The summed E-state index contributed by atoms with van der Waals surface area (Å²) in [7, 11) is 3.23. The summed E-state index contributed by atoms with van der Waals surface area (Å²) >= 11 is 5.94. The van der Waals surface area contributed by atoms with E-state index in [2.05, 4.69) is 10.2 Å². The third-order valence-electron chi connectivity index (χ3n) is 5.47. The number of ether oxygens (including phenoxy) is 4. The zero-order valence-electron chi connectivity index (χ0n) is 19.0. The smallest absolute Gasteiger partial charge is 0.263 e. The second kappa shape index (κ2) is 10.9. The summed E-state index contributed by atoms with van der Waals surface area (Å²) in [5, 5.41) is 3.69. The van der Waals surface area contributed by atoms with Crippen LogP contribution in [-0.4, -0.2) is 63.5 Å². The first kappa shape index (κ1) is 24.2. The lowest BCUT2D eigenvalue weighted by Gasteiger charge is -2.36. The third kappa shape index (κ3) is 6.06. The molecule has 0 aromatic heterocycles. The number of morpholine rings is 1. The van der Waals surface area contributed by atoms with Crippen LogP contribution in [0.1, 0.15) is 25.5 Å². The van der Waals surface area contributed by atoms with Gasteiger partial charge in [-0.25, -0.2) is 0 Å². The summed E-state index contributed by atoms with van der Waals surface area (Å²) in [5.74, 6) is 1.70. The molecule has 2 aromatic rings. The molecule has 0 aliphatic carbocycles. The first-order valence-corrected chi connectivity index (χ1v) is 11.0. The van der Waals surface area contributed by atoms with Crippen LogP contribution < -0.4 is 19.5 Å². The van der Waals surface area contributed by atoms with E-state index >= 15 is 0 Å². The van der Waals surface area contributed by atoms with Crippen molar-refractivity contribution in [1.29, 1.82) is 0 Å². The number of amides is 1. The highest BCUT2D eigenvalue weighted by atomic mass is 35.5. The molecule has 1 heterocycles. The van der Waals surface area contributed by atoms with Crippen molar-refractivity contribution in [3.8, 4) is 17.2 Å². The van der Waals surface area contributed by atoms with Crippen molar-refractivity contribution in [2.24, 2.45) is 0 Å². The fourth-order valence-electron chi connectivity index (χ4n) is 3.65. The van der Waals surface area contributed by atoms with Crippen LogP contribution in [0.2, 0.25) is 5.02 Å². The van der Waals surface area contributed by atoms with E-state index in [4.69, 9.17) is 30.5 Å². The predicted molar refractivity (Wildman–Crippen MR) is 124 cm³/mol. The van der Waals surface area contributed by atoms with E-state index in [9.17, 15) is 4.79 Å². The Bertz CT molecular complexity index is 898. The maximum Gasteiger partial charge on any atom is 0.263 e. The van der Waals surface area contributed by atoms with Gasteiger partial charge in [0.2, 0.25) is 0 Å². The molecule has 0 spiro atoms. The molecule has 1 fully saturated rings. The van der Waals surface area contributed by atoms with Gasteiger partial charge < -0.3 is 24.3 Å². The molecular formula is C24H31ClN2O5. The van der Waals surface area contributed by atoms with Crippen LogP contribution in [0.5, 0.6) is 17.2 Å². The molecule has 0 saturated carbocycles. The van der Waals surface area contributed by atoms with Gasteiger partial charge in [-0.3, -0.25) is 9.69 Å². The summed E-state index contributed by atoms with van der Waals surface area (Å²) in [5.41, 5.74) is -0.0256. The average molecular weight is 463 g/mol. The molecule has 1 aliphatic heterocycles. The quantitative estimate of drug-likeness (QED) is 0.612. The minimum atomic E-state index is -1.05.